The monoisotopic (exact) mass is 384 g/mol. The van der Waals surface area contributed by atoms with E-state index in [-0.39, 0.29) is 5.91 Å². The highest BCUT2D eigenvalue weighted by molar-refractivity contribution is 6.08. The third kappa shape index (κ3) is 4.32. The lowest BCUT2D eigenvalue weighted by molar-refractivity contribution is 0.102. The molecule has 2 heterocycles. The van der Waals surface area contributed by atoms with E-state index >= 15 is 0 Å². The van der Waals surface area contributed by atoms with Gasteiger partial charge in [-0.2, -0.15) is 5.10 Å². The molecule has 0 saturated heterocycles. The molecule has 0 atom stereocenters. The zero-order valence-corrected chi connectivity index (χ0v) is 15.9. The van der Waals surface area contributed by atoms with E-state index in [2.05, 4.69) is 27.5 Å². The van der Waals surface area contributed by atoms with Crippen molar-refractivity contribution in [3.63, 3.8) is 0 Å². The molecule has 0 saturated carbocycles. The number of rotatable bonds is 6. The van der Waals surface area contributed by atoms with Gasteiger partial charge in [-0.05, 0) is 34.9 Å². The molecule has 0 aliphatic rings. The molecule has 0 fully saturated rings. The minimum absolute atomic E-state index is 0.187. The van der Waals surface area contributed by atoms with Crippen molar-refractivity contribution in [3.8, 4) is 17.0 Å². The Bertz CT molecular complexity index is 1090. The molecule has 0 bridgehead atoms. The normalized spacial score (nSPS) is 10.5. The van der Waals surface area contributed by atoms with E-state index < -0.39 is 0 Å². The number of nitrogens with zero attached hydrogens (tertiary/aromatic N) is 3. The number of hydrogen-bond acceptors (Lipinski definition) is 4. The number of benzene rings is 2. The Labute approximate surface area is 168 Å². The Balaban J connectivity index is 1.55. The van der Waals surface area contributed by atoms with Gasteiger partial charge in [-0.3, -0.25) is 9.48 Å². The maximum Gasteiger partial charge on any atom is 0.256 e. The van der Waals surface area contributed by atoms with Gasteiger partial charge in [-0.1, -0.05) is 42.5 Å². The molecule has 0 radical (unpaired) electrons. The second kappa shape index (κ2) is 8.39. The summed E-state index contributed by atoms with van der Waals surface area (Å²) in [5.41, 5.74) is 4.21. The van der Waals surface area contributed by atoms with E-state index in [9.17, 15) is 4.79 Å². The van der Waals surface area contributed by atoms with Gasteiger partial charge in [0.15, 0.2) is 0 Å². The number of amides is 1. The third-order valence-corrected chi connectivity index (χ3v) is 4.54. The summed E-state index contributed by atoms with van der Waals surface area (Å²) in [6.07, 6.45) is 5.27. The Morgan fingerprint density at radius 3 is 2.55 bits per heavy atom. The molecule has 0 aliphatic heterocycles. The van der Waals surface area contributed by atoms with Gasteiger partial charge in [0.1, 0.15) is 0 Å². The van der Waals surface area contributed by atoms with Crippen LogP contribution in [0.4, 0.5) is 5.69 Å². The van der Waals surface area contributed by atoms with E-state index in [1.807, 2.05) is 53.3 Å². The Morgan fingerprint density at radius 1 is 1.03 bits per heavy atom. The second-order valence-electron chi connectivity index (χ2n) is 6.49. The van der Waals surface area contributed by atoms with Crippen LogP contribution in [0.1, 0.15) is 15.9 Å². The Hall–Kier alpha value is -3.93. The quantitative estimate of drug-likeness (QED) is 0.539. The van der Waals surface area contributed by atoms with Crippen molar-refractivity contribution in [2.75, 3.05) is 12.4 Å². The second-order valence-corrected chi connectivity index (χ2v) is 6.49. The molecule has 0 aliphatic carbocycles. The number of aromatic nitrogens is 3. The number of methoxy groups -OCH3 is 1. The summed E-state index contributed by atoms with van der Waals surface area (Å²) in [5, 5.41) is 7.12. The number of pyridine rings is 1. The summed E-state index contributed by atoms with van der Waals surface area (Å²) < 4.78 is 6.92. The molecule has 4 aromatic rings. The zero-order chi connectivity index (χ0) is 20.1. The van der Waals surface area contributed by atoms with Crippen molar-refractivity contribution >= 4 is 11.6 Å². The highest BCUT2D eigenvalue weighted by atomic mass is 16.5. The first-order valence-electron chi connectivity index (χ1n) is 9.20. The summed E-state index contributed by atoms with van der Waals surface area (Å²) in [4.78, 5) is 17.0. The van der Waals surface area contributed by atoms with E-state index in [1.54, 1.807) is 31.6 Å². The summed E-state index contributed by atoms with van der Waals surface area (Å²) >= 11 is 0. The predicted octanol–water partition coefficient (Wildman–Crippen LogP) is 4.25. The lowest BCUT2D eigenvalue weighted by atomic mass is 9.98. The van der Waals surface area contributed by atoms with Crippen molar-refractivity contribution in [3.05, 3.63) is 96.4 Å². The molecule has 0 spiro atoms. The van der Waals surface area contributed by atoms with Crippen molar-refractivity contribution in [2.24, 2.45) is 0 Å². The van der Waals surface area contributed by atoms with E-state index in [0.717, 1.165) is 16.7 Å². The van der Waals surface area contributed by atoms with Gasteiger partial charge in [-0.15, -0.1) is 0 Å². The van der Waals surface area contributed by atoms with Crippen LogP contribution in [0.3, 0.4) is 0 Å². The van der Waals surface area contributed by atoms with Crippen molar-refractivity contribution in [1.82, 2.24) is 14.8 Å². The Kier molecular flexibility index (Phi) is 5.33. The van der Waals surface area contributed by atoms with Crippen molar-refractivity contribution < 1.29 is 9.53 Å². The average Bonchev–Trinajstić information content (AvgIpc) is 3.28. The van der Waals surface area contributed by atoms with Gasteiger partial charge in [0.05, 0.1) is 25.5 Å². The van der Waals surface area contributed by atoms with Gasteiger partial charge in [0, 0.05) is 24.0 Å². The molecule has 1 amide bonds. The van der Waals surface area contributed by atoms with E-state index in [4.69, 9.17) is 4.74 Å². The average molecular weight is 384 g/mol. The molecule has 2 aromatic carbocycles. The molecule has 4 rings (SSSR count). The summed E-state index contributed by atoms with van der Waals surface area (Å²) in [7, 11) is 1.55. The highest BCUT2D eigenvalue weighted by Crippen LogP contribution is 2.25. The van der Waals surface area contributed by atoms with Crippen molar-refractivity contribution in [2.45, 2.75) is 6.54 Å². The fourth-order valence-corrected chi connectivity index (χ4v) is 3.08. The lowest BCUT2D eigenvalue weighted by Gasteiger charge is -2.11. The first-order chi connectivity index (χ1) is 14.2. The number of carbonyl (C=O) groups excluding carboxylic acids is 1. The van der Waals surface area contributed by atoms with E-state index in [1.165, 1.54) is 0 Å². The van der Waals surface area contributed by atoms with Crippen LogP contribution in [-0.2, 0) is 6.54 Å². The van der Waals surface area contributed by atoms with Gasteiger partial charge >= 0.3 is 0 Å². The fourth-order valence-electron chi connectivity index (χ4n) is 3.08. The van der Waals surface area contributed by atoms with Crippen LogP contribution in [0.5, 0.6) is 5.88 Å². The molecular formula is C23H20N4O2. The molecular weight excluding hydrogens is 364 g/mol. The Morgan fingerprint density at radius 2 is 1.86 bits per heavy atom. The van der Waals surface area contributed by atoms with Crippen LogP contribution in [0, 0.1) is 0 Å². The maximum atomic E-state index is 12.9. The zero-order valence-electron chi connectivity index (χ0n) is 15.9. The SMILES string of the molecule is COc1ccc(NC(=O)c2ccccc2-c2ccc(Cn3cccn3)cc2)cn1. The molecule has 2 aromatic heterocycles. The number of anilines is 1. The van der Waals surface area contributed by atoms with Crippen LogP contribution in [0.25, 0.3) is 11.1 Å². The lowest BCUT2D eigenvalue weighted by Crippen LogP contribution is -2.13. The van der Waals surface area contributed by atoms with Crippen LogP contribution < -0.4 is 10.1 Å². The number of nitrogens with one attached hydrogen (secondary N) is 1. The number of ether oxygens (including phenoxy) is 1. The number of carbonyl (C=O) groups is 1. The van der Waals surface area contributed by atoms with Gasteiger partial charge in [0.2, 0.25) is 5.88 Å². The molecule has 144 valence electrons. The fraction of sp³-hybridized carbons (Fsp3) is 0.0870. The first kappa shape index (κ1) is 18.4. The summed E-state index contributed by atoms with van der Waals surface area (Å²) in [6.45, 7) is 0.708. The molecule has 0 unspecified atom stereocenters. The topological polar surface area (TPSA) is 69.0 Å². The van der Waals surface area contributed by atoms with Crippen LogP contribution in [0.2, 0.25) is 0 Å². The highest BCUT2D eigenvalue weighted by Gasteiger charge is 2.13. The van der Waals surface area contributed by atoms with E-state index in [0.29, 0.717) is 23.7 Å². The largest absolute Gasteiger partial charge is 0.481 e. The van der Waals surface area contributed by atoms with Crippen LogP contribution >= 0.6 is 0 Å². The van der Waals surface area contributed by atoms with Gasteiger partial charge in [-0.25, -0.2) is 4.98 Å². The van der Waals surface area contributed by atoms with Crippen LogP contribution in [-0.4, -0.2) is 27.8 Å². The maximum absolute atomic E-state index is 12.9. The molecule has 6 nitrogen and oxygen atoms in total. The number of hydrogen-bond donors (Lipinski definition) is 1. The summed E-state index contributed by atoms with van der Waals surface area (Å²) in [5.74, 6) is 0.312. The molecule has 29 heavy (non-hydrogen) atoms. The standard InChI is InChI=1S/C23H20N4O2/c1-29-22-12-11-19(15-24-22)26-23(28)21-6-3-2-5-20(21)18-9-7-17(8-10-18)16-27-14-4-13-25-27/h2-15H,16H2,1H3,(H,26,28). The minimum Gasteiger partial charge on any atom is -0.481 e. The molecule has 6 heteroatoms. The third-order valence-electron chi connectivity index (χ3n) is 4.54. The minimum atomic E-state index is -0.187. The smallest absolute Gasteiger partial charge is 0.256 e. The van der Waals surface area contributed by atoms with Crippen molar-refractivity contribution in [1.29, 1.82) is 0 Å². The molecule has 1 N–H and O–H groups in total. The first-order valence-corrected chi connectivity index (χ1v) is 9.20. The van der Waals surface area contributed by atoms with Gasteiger partial charge in [0.25, 0.3) is 5.91 Å². The van der Waals surface area contributed by atoms with Gasteiger partial charge < -0.3 is 10.1 Å². The predicted molar refractivity (Wildman–Crippen MR) is 112 cm³/mol. The summed E-state index contributed by atoms with van der Waals surface area (Å²) in [6, 6.07) is 21.1. The van der Waals surface area contributed by atoms with Crippen LogP contribution in [0.15, 0.2) is 85.3 Å².